The number of piperidine rings is 1. The fraction of sp³-hybridized carbons (Fsp3) is 0.526. The van der Waals surface area contributed by atoms with Crippen molar-refractivity contribution < 1.29 is 9.32 Å². The second-order valence-electron chi connectivity index (χ2n) is 6.89. The number of carbonyl (C=O) groups is 1. The minimum absolute atomic E-state index is 0.153. The third kappa shape index (κ3) is 2.95. The molecule has 0 radical (unpaired) electrons. The summed E-state index contributed by atoms with van der Waals surface area (Å²) in [6, 6.07) is 10.4. The first-order chi connectivity index (χ1) is 11.8. The number of aryl methyl sites for hydroxylation is 1. The highest BCUT2D eigenvalue weighted by Gasteiger charge is 2.46. The van der Waals surface area contributed by atoms with Crippen LogP contribution < -0.4 is 0 Å². The van der Waals surface area contributed by atoms with Crippen LogP contribution in [0, 0.1) is 5.92 Å². The molecule has 2 fully saturated rings. The summed E-state index contributed by atoms with van der Waals surface area (Å²) in [5.41, 5.74) is 1.29. The van der Waals surface area contributed by atoms with Gasteiger partial charge in [-0.25, -0.2) is 0 Å². The largest absolute Gasteiger partial charge is 0.342 e. The molecule has 1 aromatic heterocycles. The van der Waals surface area contributed by atoms with Crippen LogP contribution in [0.5, 0.6) is 0 Å². The first-order valence-electron chi connectivity index (χ1n) is 8.92. The van der Waals surface area contributed by atoms with E-state index in [1.807, 2.05) is 30.0 Å². The van der Waals surface area contributed by atoms with E-state index >= 15 is 0 Å². The SMILES string of the molecule is CCc1noc([C@@H]2CCCN(C(=O)[C@@H]3C[C@H]3c3ccccc3)C2)n1. The molecule has 5 nitrogen and oxygen atoms in total. The summed E-state index contributed by atoms with van der Waals surface area (Å²) in [6.45, 7) is 3.58. The molecule has 1 saturated carbocycles. The molecule has 4 rings (SSSR count). The molecule has 1 saturated heterocycles. The Morgan fingerprint density at radius 1 is 1.33 bits per heavy atom. The van der Waals surface area contributed by atoms with Gasteiger partial charge in [0.05, 0.1) is 5.92 Å². The lowest BCUT2D eigenvalue weighted by Crippen LogP contribution is -2.40. The fourth-order valence-corrected chi connectivity index (χ4v) is 3.73. The van der Waals surface area contributed by atoms with E-state index in [9.17, 15) is 4.79 Å². The number of likely N-dealkylation sites (tertiary alicyclic amines) is 1. The third-order valence-electron chi connectivity index (χ3n) is 5.22. The molecule has 0 spiro atoms. The van der Waals surface area contributed by atoms with Crippen molar-refractivity contribution >= 4 is 5.91 Å². The van der Waals surface area contributed by atoms with E-state index in [1.165, 1.54) is 5.56 Å². The Labute approximate surface area is 142 Å². The van der Waals surface area contributed by atoms with E-state index in [-0.39, 0.29) is 11.8 Å². The van der Waals surface area contributed by atoms with Gasteiger partial charge < -0.3 is 9.42 Å². The predicted molar refractivity (Wildman–Crippen MR) is 89.5 cm³/mol. The van der Waals surface area contributed by atoms with Gasteiger partial charge in [-0.15, -0.1) is 0 Å². The summed E-state index contributed by atoms with van der Waals surface area (Å²) in [5.74, 6) is 2.47. The number of rotatable bonds is 4. The number of carbonyl (C=O) groups excluding carboxylic acids is 1. The molecule has 2 heterocycles. The molecular weight excluding hydrogens is 302 g/mol. The Kier molecular flexibility index (Phi) is 4.08. The average Bonchev–Trinajstić information content (AvgIpc) is 3.30. The highest BCUT2D eigenvalue weighted by atomic mass is 16.5. The monoisotopic (exact) mass is 325 g/mol. The summed E-state index contributed by atoms with van der Waals surface area (Å²) in [5, 5.41) is 3.99. The number of amides is 1. The normalized spacial score (nSPS) is 26.4. The van der Waals surface area contributed by atoms with Crippen LogP contribution >= 0.6 is 0 Å². The average molecular weight is 325 g/mol. The first kappa shape index (κ1) is 15.4. The van der Waals surface area contributed by atoms with Crippen LogP contribution in [0.15, 0.2) is 34.9 Å². The molecule has 1 amide bonds. The van der Waals surface area contributed by atoms with Gasteiger partial charge in [0.25, 0.3) is 0 Å². The van der Waals surface area contributed by atoms with Gasteiger partial charge in [-0.2, -0.15) is 4.98 Å². The third-order valence-corrected chi connectivity index (χ3v) is 5.22. The Bertz CT molecular complexity index is 712. The predicted octanol–water partition coefficient (Wildman–Crippen LogP) is 3.14. The molecule has 5 heteroatoms. The number of nitrogens with zero attached hydrogens (tertiary/aromatic N) is 3. The minimum Gasteiger partial charge on any atom is -0.342 e. The van der Waals surface area contributed by atoms with Gasteiger partial charge in [0.15, 0.2) is 5.82 Å². The summed E-state index contributed by atoms with van der Waals surface area (Å²) >= 11 is 0. The number of aromatic nitrogens is 2. The molecule has 1 aliphatic heterocycles. The van der Waals surface area contributed by atoms with Crippen molar-refractivity contribution in [3.8, 4) is 0 Å². The minimum atomic E-state index is 0.153. The van der Waals surface area contributed by atoms with E-state index in [4.69, 9.17) is 4.52 Å². The molecule has 0 N–H and O–H groups in total. The molecule has 2 aromatic rings. The van der Waals surface area contributed by atoms with Gasteiger partial charge in [0.1, 0.15) is 0 Å². The van der Waals surface area contributed by atoms with Crippen LogP contribution in [0.3, 0.4) is 0 Å². The smallest absolute Gasteiger partial charge is 0.231 e. The van der Waals surface area contributed by atoms with E-state index < -0.39 is 0 Å². The number of hydrogen-bond donors (Lipinski definition) is 0. The van der Waals surface area contributed by atoms with Gasteiger partial charge in [0, 0.05) is 25.4 Å². The number of hydrogen-bond acceptors (Lipinski definition) is 4. The molecule has 24 heavy (non-hydrogen) atoms. The fourth-order valence-electron chi connectivity index (χ4n) is 3.73. The van der Waals surface area contributed by atoms with Crippen molar-refractivity contribution in [2.75, 3.05) is 13.1 Å². The van der Waals surface area contributed by atoms with Gasteiger partial charge >= 0.3 is 0 Å². The van der Waals surface area contributed by atoms with Crippen molar-refractivity contribution in [1.29, 1.82) is 0 Å². The maximum atomic E-state index is 12.8. The van der Waals surface area contributed by atoms with E-state index in [2.05, 4.69) is 22.3 Å². The van der Waals surface area contributed by atoms with E-state index in [0.29, 0.717) is 24.3 Å². The van der Waals surface area contributed by atoms with Crippen molar-refractivity contribution in [1.82, 2.24) is 15.0 Å². The summed E-state index contributed by atoms with van der Waals surface area (Å²) in [7, 11) is 0. The molecule has 0 unspecified atom stereocenters. The van der Waals surface area contributed by atoms with Gasteiger partial charge in [-0.05, 0) is 30.7 Å². The quantitative estimate of drug-likeness (QED) is 0.866. The van der Waals surface area contributed by atoms with Crippen LogP contribution in [0.25, 0.3) is 0 Å². The molecule has 1 aromatic carbocycles. The Hall–Kier alpha value is -2.17. The lowest BCUT2D eigenvalue weighted by atomic mass is 9.97. The summed E-state index contributed by atoms with van der Waals surface area (Å²) in [4.78, 5) is 19.3. The van der Waals surface area contributed by atoms with Gasteiger partial charge in [-0.1, -0.05) is 42.4 Å². The lowest BCUT2D eigenvalue weighted by Gasteiger charge is -2.31. The van der Waals surface area contributed by atoms with E-state index in [1.54, 1.807) is 0 Å². The van der Waals surface area contributed by atoms with Crippen molar-refractivity contribution in [3.05, 3.63) is 47.6 Å². The molecule has 2 aliphatic rings. The van der Waals surface area contributed by atoms with Gasteiger partial charge in [0.2, 0.25) is 11.8 Å². The van der Waals surface area contributed by atoms with Gasteiger partial charge in [-0.3, -0.25) is 4.79 Å². The second kappa shape index (κ2) is 6.38. The maximum Gasteiger partial charge on any atom is 0.231 e. The topological polar surface area (TPSA) is 59.2 Å². The van der Waals surface area contributed by atoms with E-state index in [0.717, 1.165) is 38.1 Å². The van der Waals surface area contributed by atoms with Crippen LogP contribution in [-0.2, 0) is 11.2 Å². The second-order valence-corrected chi connectivity index (χ2v) is 6.89. The number of benzene rings is 1. The summed E-state index contributed by atoms with van der Waals surface area (Å²) in [6.07, 6.45) is 3.77. The van der Waals surface area contributed by atoms with Crippen LogP contribution in [0.4, 0.5) is 0 Å². The molecule has 3 atom stereocenters. The molecule has 1 aliphatic carbocycles. The van der Waals surface area contributed by atoms with Crippen LogP contribution in [0.2, 0.25) is 0 Å². The lowest BCUT2D eigenvalue weighted by molar-refractivity contribution is -0.134. The molecule has 126 valence electrons. The maximum absolute atomic E-state index is 12.8. The highest BCUT2D eigenvalue weighted by Crippen LogP contribution is 2.48. The van der Waals surface area contributed by atoms with Crippen LogP contribution in [-0.4, -0.2) is 34.0 Å². The highest BCUT2D eigenvalue weighted by molar-refractivity contribution is 5.83. The molecular formula is C19H23N3O2. The first-order valence-corrected chi connectivity index (χ1v) is 8.92. The zero-order valence-corrected chi connectivity index (χ0v) is 14.0. The standard InChI is InChI=1S/C19H23N3O2/c1-2-17-20-18(24-21-17)14-9-6-10-22(12-14)19(23)16-11-15(16)13-7-4-3-5-8-13/h3-5,7-8,14-16H,2,6,9-12H2,1H3/t14-,15+,16-/m1/s1. The van der Waals surface area contributed by atoms with Crippen molar-refractivity contribution in [2.45, 2.75) is 44.4 Å². The Morgan fingerprint density at radius 2 is 2.17 bits per heavy atom. The van der Waals surface area contributed by atoms with Crippen molar-refractivity contribution in [3.63, 3.8) is 0 Å². The Morgan fingerprint density at radius 3 is 2.92 bits per heavy atom. The van der Waals surface area contributed by atoms with Crippen LogP contribution in [0.1, 0.15) is 55.3 Å². The molecule has 0 bridgehead atoms. The zero-order chi connectivity index (χ0) is 16.5. The Balaban J connectivity index is 1.40. The van der Waals surface area contributed by atoms with Crippen molar-refractivity contribution in [2.24, 2.45) is 5.92 Å². The summed E-state index contributed by atoms with van der Waals surface area (Å²) < 4.78 is 5.39. The zero-order valence-electron chi connectivity index (χ0n) is 14.0.